The normalized spacial score (nSPS) is 12.6. The van der Waals surface area contributed by atoms with Gasteiger partial charge in [0, 0.05) is 5.69 Å². The van der Waals surface area contributed by atoms with E-state index in [1.54, 1.807) is 19.1 Å². The molecule has 28 heavy (non-hydrogen) atoms. The lowest BCUT2D eigenvalue weighted by atomic mass is 9.97. The molecule has 1 amide bonds. The molecule has 2 aromatic carbocycles. The van der Waals surface area contributed by atoms with Gasteiger partial charge in [0.1, 0.15) is 0 Å². The minimum absolute atomic E-state index is 0.275. The summed E-state index contributed by atoms with van der Waals surface area (Å²) in [6.45, 7) is 5.74. The zero-order chi connectivity index (χ0) is 20.7. The highest BCUT2D eigenvalue weighted by Gasteiger charge is 2.21. The number of esters is 1. The van der Waals surface area contributed by atoms with E-state index in [4.69, 9.17) is 14.2 Å². The van der Waals surface area contributed by atoms with Crippen molar-refractivity contribution in [3.8, 4) is 11.5 Å². The Hall–Kier alpha value is -3.02. The van der Waals surface area contributed by atoms with Crippen molar-refractivity contribution in [1.29, 1.82) is 0 Å². The number of carbonyl (C=O) groups excluding carboxylic acids is 2. The molecule has 0 heterocycles. The van der Waals surface area contributed by atoms with Crippen molar-refractivity contribution in [3.63, 3.8) is 0 Å². The Morgan fingerprint density at radius 3 is 2.32 bits per heavy atom. The smallest absolute Gasteiger partial charge is 0.339 e. The second-order valence-electron chi connectivity index (χ2n) is 6.50. The summed E-state index contributed by atoms with van der Waals surface area (Å²) < 4.78 is 15.7. The summed E-state index contributed by atoms with van der Waals surface area (Å²) in [7, 11) is 3.00. The molecule has 0 spiro atoms. The standard InChI is InChI=1S/C22H27NO5/c1-6-14(2)17-9-7-8-10-18(17)23-21(24)15(3)28-22(25)16-11-12-19(26-4)20(13-16)27-5/h7-15H,6H2,1-5H3,(H,23,24)/t14-,15+/m0/s1. The molecule has 2 aromatic rings. The molecule has 0 aliphatic carbocycles. The van der Waals surface area contributed by atoms with Crippen molar-refractivity contribution in [2.45, 2.75) is 39.2 Å². The van der Waals surface area contributed by atoms with E-state index in [1.807, 2.05) is 24.3 Å². The lowest BCUT2D eigenvalue weighted by Crippen LogP contribution is -2.30. The lowest BCUT2D eigenvalue weighted by molar-refractivity contribution is -0.123. The van der Waals surface area contributed by atoms with Crippen LogP contribution in [0, 0.1) is 0 Å². The summed E-state index contributed by atoms with van der Waals surface area (Å²) in [6.07, 6.45) is 0.00192. The Morgan fingerprint density at radius 1 is 1.00 bits per heavy atom. The van der Waals surface area contributed by atoms with Gasteiger partial charge < -0.3 is 19.5 Å². The van der Waals surface area contributed by atoms with Crippen LogP contribution in [0.2, 0.25) is 0 Å². The zero-order valence-corrected chi connectivity index (χ0v) is 16.9. The summed E-state index contributed by atoms with van der Waals surface area (Å²) in [5.74, 6) is 0.229. The number of nitrogens with one attached hydrogen (secondary N) is 1. The van der Waals surface area contributed by atoms with Crippen LogP contribution < -0.4 is 14.8 Å². The average molecular weight is 385 g/mol. The van der Waals surface area contributed by atoms with E-state index in [0.29, 0.717) is 17.4 Å². The van der Waals surface area contributed by atoms with E-state index in [1.165, 1.54) is 20.3 Å². The maximum absolute atomic E-state index is 12.5. The molecule has 2 rings (SSSR count). The summed E-state index contributed by atoms with van der Waals surface area (Å²) in [5, 5.41) is 2.86. The number of carbonyl (C=O) groups is 2. The molecule has 0 aliphatic rings. The third-order valence-corrected chi connectivity index (χ3v) is 4.63. The van der Waals surface area contributed by atoms with Crippen LogP contribution in [-0.2, 0) is 9.53 Å². The highest BCUT2D eigenvalue weighted by molar-refractivity contribution is 5.98. The second-order valence-corrected chi connectivity index (χ2v) is 6.50. The van der Waals surface area contributed by atoms with E-state index in [0.717, 1.165) is 17.7 Å². The quantitative estimate of drug-likeness (QED) is 0.682. The molecule has 0 radical (unpaired) electrons. The lowest BCUT2D eigenvalue weighted by Gasteiger charge is -2.18. The summed E-state index contributed by atoms with van der Waals surface area (Å²) in [4.78, 5) is 24.9. The fourth-order valence-electron chi connectivity index (χ4n) is 2.74. The molecule has 0 saturated heterocycles. The molecule has 0 unspecified atom stereocenters. The topological polar surface area (TPSA) is 73.9 Å². The Bertz CT molecular complexity index is 833. The van der Waals surface area contributed by atoms with Gasteiger partial charge in [-0.1, -0.05) is 32.0 Å². The van der Waals surface area contributed by atoms with Crippen molar-refractivity contribution in [1.82, 2.24) is 0 Å². The fourth-order valence-corrected chi connectivity index (χ4v) is 2.74. The first-order valence-electron chi connectivity index (χ1n) is 9.24. The number of hydrogen-bond acceptors (Lipinski definition) is 5. The number of ether oxygens (including phenoxy) is 3. The van der Waals surface area contributed by atoms with Crippen molar-refractivity contribution < 1.29 is 23.8 Å². The molecular formula is C22H27NO5. The van der Waals surface area contributed by atoms with E-state index >= 15 is 0 Å². The summed E-state index contributed by atoms with van der Waals surface area (Å²) in [6, 6.07) is 12.3. The summed E-state index contributed by atoms with van der Waals surface area (Å²) >= 11 is 0. The third kappa shape index (κ3) is 5.03. The minimum atomic E-state index is -0.953. The van der Waals surface area contributed by atoms with Gasteiger partial charge >= 0.3 is 5.97 Å². The Morgan fingerprint density at radius 2 is 1.68 bits per heavy atom. The highest BCUT2D eigenvalue weighted by Crippen LogP contribution is 2.28. The monoisotopic (exact) mass is 385 g/mol. The number of para-hydroxylation sites is 1. The van der Waals surface area contributed by atoms with Crippen molar-refractivity contribution >= 4 is 17.6 Å². The SMILES string of the molecule is CC[C@H](C)c1ccccc1NC(=O)[C@@H](C)OC(=O)c1ccc(OC)c(OC)c1. The van der Waals surface area contributed by atoms with Gasteiger partial charge in [0.2, 0.25) is 0 Å². The van der Waals surface area contributed by atoms with Gasteiger partial charge in [-0.15, -0.1) is 0 Å². The van der Waals surface area contributed by atoms with Gasteiger partial charge in [0.05, 0.1) is 19.8 Å². The Balaban J connectivity index is 2.08. The second kappa shape index (κ2) is 9.78. The van der Waals surface area contributed by atoms with E-state index in [-0.39, 0.29) is 11.5 Å². The van der Waals surface area contributed by atoms with Gasteiger partial charge in [0.25, 0.3) is 5.91 Å². The Labute approximate surface area is 165 Å². The molecule has 150 valence electrons. The van der Waals surface area contributed by atoms with Gasteiger partial charge in [-0.3, -0.25) is 4.79 Å². The maximum atomic E-state index is 12.5. The molecule has 6 nitrogen and oxygen atoms in total. The van der Waals surface area contributed by atoms with Crippen LogP contribution in [0.4, 0.5) is 5.69 Å². The first-order chi connectivity index (χ1) is 13.4. The van der Waals surface area contributed by atoms with Gasteiger partial charge in [-0.2, -0.15) is 0 Å². The van der Waals surface area contributed by atoms with Gasteiger partial charge in [-0.05, 0) is 49.1 Å². The highest BCUT2D eigenvalue weighted by atomic mass is 16.5. The predicted molar refractivity (Wildman–Crippen MR) is 108 cm³/mol. The van der Waals surface area contributed by atoms with Crippen molar-refractivity contribution in [2.24, 2.45) is 0 Å². The van der Waals surface area contributed by atoms with Gasteiger partial charge in [0.15, 0.2) is 17.6 Å². The predicted octanol–water partition coefficient (Wildman–Crippen LogP) is 4.40. The van der Waals surface area contributed by atoms with Crippen LogP contribution >= 0.6 is 0 Å². The number of rotatable bonds is 8. The largest absolute Gasteiger partial charge is 0.493 e. The summed E-state index contributed by atoms with van der Waals surface area (Å²) in [5.41, 5.74) is 2.06. The zero-order valence-electron chi connectivity index (χ0n) is 16.9. The first-order valence-corrected chi connectivity index (χ1v) is 9.24. The fraction of sp³-hybridized carbons (Fsp3) is 0.364. The average Bonchev–Trinajstić information content (AvgIpc) is 2.72. The van der Waals surface area contributed by atoms with Crippen LogP contribution in [-0.4, -0.2) is 32.2 Å². The molecule has 2 atom stereocenters. The van der Waals surface area contributed by atoms with E-state index in [9.17, 15) is 9.59 Å². The molecule has 0 aliphatic heterocycles. The number of amides is 1. The molecule has 0 aromatic heterocycles. The number of benzene rings is 2. The maximum Gasteiger partial charge on any atom is 0.339 e. The van der Waals surface area contributed by atoms with Crippen LogP contribution in [0.3, 0.4) is 0 Å². The van der Waals surface area contributed by atoms with Crippen LogP contribution in [0.5, 0.6) is 11.5 Å². The van der Waals surface area contributed by atoms with Gasteiger partial charge in [-0.25, -0.2) is 4.79 Å². The van der Waals surface area contributed by atoms with E-state index in [2.05, 4.69) is 19.2 Å². The van der Waals surface area contributed by atoms with E-state index < -0.39 is 12.1 Å². The van der Waals surface area contributed by atoms with Crippen LogP contribution in [0.15, 0.2) is 42.5 Å². The minimum Gasteiger partial charge on any atom is -0.493 e. The molecule has 0 fully saturated rings. The number of anilines is 1. The molecule has 0 bridgehead atoms. The molecule has 6 heteroatoms. The molecule has 0 saturated carbocycles. The van der Waals surface area contributed by atoms with Crippen molar-refractivity contribution in [3.05, 3.63) is 53.6 Å². The molecular weight excluding hydrogens is 358 g/mol. The molecule has 1 N–H and O–H groups in total. The first kappa shape index (κ1) is 21.3. The Kier molecular flexibility index (Phi) is 7.44. The van der Waals surface area contributed by atoms with Crippen molar-refractivity contribution in [2.75, 3.05) is 19.5 Å². The number of hydrogen-bond donors (Lipinski definition) is 1. The van der Waals surface area contributed by atoms with Crippen LogP contribution in [0.1, 0.15) is 49.0 Å². The number of methoxy groups -OCH3 is 2. The third-order valence-electron chi connectivity index (χ3n) is 4.63. The van der Waals surface area contributed by atoms with Crippen LogP contribution in [0.25, 0.3) is 0 Å².